The summed E-state index contributed by atoms with van der Waals surface area (Å²) in [6.07, 6.45) is 0. The zero-order valence-electron chi connectivity index (χ0n) is 10.8. The second-order valence-corrected chi connectivity index (χ2v) is 5.23. The quantitative estimate of drug-likeness (QED) is 0.835. The highest BCUT2D eigenvalue weighted by Crippen LogP contribution is 2.14. The molecule has 0 aliphatic rings. The predicted octanol–water partition coefficient (Wildman–Crippen LogP) is 2.48. The van der Waals surface area contributed by atoms with Crippen molar-refractivity contribution in [3.63, 3.8) is 0 Å². The number of nitrogens with one attached hydrogen (secondary N) is 1. The van der Waals surface area contributed by atoms with Gasteiger partial charge in [0, 0.05) is 24.0 Å². The highest BCUT2D eigenvalue weighted by molar-refractivity contribution is 7.09. The molecule has 0 radical (unpaired) electrons. The molecule has 0 aliphatic heterocycles. The maximum Gasteiger partial charge on any atom is 0.151 e. The average Bonchev–Trinajstić information content (AvgIpc) is 3.01. The molecule has 0 fully saturated rings. The number of nitrogens with zero attached hydrogens (tertiary/aromatic N) is 2. The van der Waals surface area contributed by atoms with Gasteiger partial charge < -0.3 is 9.84 Å². The van der Waals surface area contributed by atoms with Gasteiger partial charge in [0.2, 0.25) is 0 Å². The summed E-state index contributed by atoms with van der Waals surface area (Å²) < 4.78 is 5.34. The Morgan fingerprint density at radius 3 is 3.00 bits per heavy atom. The molecule has 0 atom stereocenters. The summed E-state index contributed by atoms with van der Waals surface area (Å²) in [5.74, 6) is 0.929. The molecule has 0 saturated heterocycles. The maximum atomic E-state index is 5.34. The summed E-state index contributed by atoms with van der Waals surface area (Å²) in [6, 6.07) is 6.28. The van der Waals surface area contributed by atoms with E-state index in [-0.39, 0.29) is 0 Å². The van der Waals surface area contributed by atoms with Crippen LogP contribution in [-0.4, -0.2) is 23.6 Å². The second-order valence-electron chi connectivity index (χ2n) is 4.20. The molecule has 4 nitrogen and oxygen atoms in total. The van der Waals surface area contributed by atoms with Crippen molar-refractivity contribution < 1.29 is 4.52 Å². The van der Waals surface area contributed by atoms with E-state index in [9.17, 15) is 0 Å². The zero-order chi connectivity index (χ0) is 12.8. The minimum atomic E-state index is 0.751. The van der Waals surface area contributed by atoms with Gasteiger partial charge in [-0.2, -0.15) is 0 Å². The molecule has 2 aromatic rings. The Bertz CT molecular complexity index is 453. The fraction of sp³-hybridized carbons (Fsp3) is 0.462. The highest BCUT2D eigenvalue weighted by atomic mass is 32.1. The van der Waals surface area contributed by atoms with E-state index in [2.05, 4.69) is 39.8 Å². The highest BCUT2D eigenvalue weighted by Gasteiger charge is 2.10. The second kappa shape index (κ2) is 6.68. The van der Waals surface area contributed by atoms with E-state index in [0.29, 0.717) is 0 Å². The summed E-state index contributed by atoms with van der Waals surface area (Å²) in [5, 5.41) is 9.21. The maximum absolute atomic E-state index is 5.34. The molecule has 0 aliphatic carbocycles. The summed E-state index contributed by atoms with van der Waals surface area (Å²) in [6.45, 7) is 5.69. The molecule has 0 spiro atoms. The third-order valence-corrected chi connectivity index (χ3v) is 3.61. The molecule has 0 amide bonds. The SMILES string of the molecule is CCN(Cc1cc(CNC)no1)Cc1cccs1. The molecule has 18 heavy (non-hydrogen) atoms. The lowest BCUT2D eigenvalue weighted by Gasteiger charge is -2.17. The molecule has 5 heteroatoms. The first-order valence-corrected chi connectivity index (χ1v) is 7.03. The van der Waals surface area contributed by atoms with Crippen LogP contribution in [0, 0.1) is 0 Å². The Kier molecular flexibility index (Phi) is 4.92. The average molecular weight is 265 g/mol. The van der Waals surface area contributed by atoms with Gasteiger partial charge in [0.25, 0.3) is 0 Å². The summed E-state index contributed by atoms with van der Waals surface area (Å²) in [5.41, 5.74) is 0.958. The smallest absolute Gasteiger partial charge is 0.151 e. The van der Waals surface area contributed by atoms with Crippen molar-refractivity contribution in [3.05, 3.63) is 39.9 Å². The van der Waals surface area contributed by atoms with Crippen molar-refractivity contribution in [2.45, 2.75) is 26.6 Å². The largest absolute Gasteiger partial charge is 0.360 e. The van der Waals surface area contributed by atoms with Gasteiger partial charge in [0.15, 0.2) is 5.76 Å². The molecule has 2 rings (SSSR count). The number of hydrogen-bond donors (Lipinski definition) is 1. The minimum absolute atomic E-state index is 0.751. The van der Waals surface area contributed by atoms with Crippen molar-refractivity contribution in [2.24, 2.45) is 0 Å². The van der Waals surface area contributed by atoms with Crippen LogP contribution >= 0.6 is 11.3 Å². The number of hydrogen-bond acceptors (Lipinski definition) is 5. The van der Waals surface area contributed by atoms with Crippen LogP contribution in [0.1, 0.15) is 23.3 Å². The molecular formula is C13H19N3OS. The van der Waals surface area contributed by atoms with Gasteiger partial charge in [-0.05, 0) is 25.0 Å². The fourth-order valence-electron chi connectivity index (χ4n) is 1.82. The first-order valence-electron chi connectivity index (χ1n) is 6.15. The van der Waals surface area contributed by atoms with Crippen molar-refractivity contribution in [1.82, 2.24) is 15.4 Å². The normalized spacial score (nSPS) is 11.3. The Hall–Kier alpha value is -1.17. The molecule has 0 aromatic carbocycles. The van der Waals surface area contributed by atoms with Crippen molar-refractivity contribution in [3.8, 4) is 0 Å². The monoisotopic (exact) mass is 265 g/mol. The Morgan fingerprint density at radius 2 is 2.33 bits per heavy atom. The van der Waals surface area contributed by atoms with Crippen LogP contribution in [0.3, 0.4) is 0 Å². The molecule has 98 valence electrons. The lowest BCUT2D eigenvalue weighted by Crippen LogP contribution is -2.21. The van der Waals surface area contributed by atoms with Crippen LogP contribution in [0.2, 0.25) is 0 Å². The minimum Gasteiger partial charge on any atom is -0.360 e. The first kappa shape index (κ1) is 13.3. The van der Waals surface area contributed by atoms with Crippen LogP contribution < -0.4 is 5.32 Å². The van der Waals surface area contributed by atoms with Crippen molar-refractivity contribution in [2.75, 3.05) is 13.6 Å². The van der Waals surface area contributed by atoms with Gasteiger partial charge in [-0.1, -0.05) is 18.1 Å². The third-order valence-electron chi connectivity index (χ3n) is 2.75. The number of aromatic nitrogens is 1. The van der Waals surface area contributed by atoms with Gasteiger partial charge in [0.1, 0.15) is 0 Å². The van der Waals surface area contributed by atoms with E-state index in [1.807, 2.05) is 13.1 Å². The molecule has 1 N–H and O–H groups in total. The molecule has 0 saturated carbocycles. The predicted molar refractivity (Wildman–Crippen MR) is 73.4 cm³/mol. The van der Waals surface area contributed by atoms with Gasteiger partial charge in [-0.3, -0.25) is 4.90 Å². The van der Waals surface area contributed by atoms with E-state index < -0.39 is 0 Å². The fourth-order valence-corrected chi connectivity index (χ4v) is 2.56. The molecule has 2 heterocycles. The summed E-state index contributed by atoms with van der Waals surface area (Å²) >= 11 is 1.79. The molecule has 0 bridgehead atoms. The van der Waals surface area contributed by atoms with Crippen LogP contribution in [-0.2, 0) is 19.6 Å². The number of rotatable bonds is 7. The zero-order valence-corrected chi connectivity index (χ0v) is 11.7. The lowest BCUT2D eigenvalue weighted by molar-refractivity contribution is 0.235. The number of thiophene rings is 1. The van der Waals surface area contributed by atoms with E-state index in [1.165, 1.54) is 4.88 Å². The van der Waals surface area contributed by atoms with E-state index in [1.54, 1.807) is 11.3 Å². The molecular weight excluding hydrogens is 246 g/mol. The van der Waals surface area contributed by atoms with Crippen LogP contribution in [0.4, 0.5) is 0 Å². The standard InChI is InChI=1S/C13H19N3OS/c1-3-16(10-13-5-4-6-18-13)9-12-7-11(8-14-2)15-17-12/h4-7,14H,3,8-10H2,1-2H3. The van der Waals surface area contributed by atoms with Crippen molar-refractivity contribution in [1.29, 1.82) is 0 Å². The Morgan fingerprint density at radius 1 is 1.44 bits per heavy atom. The van der Waals surface area contributed by atoms with Crippen LogP contribution in [0.5, 0.6) is 0 Å². The van der Waals surface area contributed by atoms with Crippen LogP contribution in [0.25, 0.3) is 0 Å². The topological polar surface area (TPSA) is 41.3 Å². The van der Waals surface area contributed by atoms with Gasteiger partial charge in [-0.25, -0.2) is 0 Å². The van der Waals surface area contributed by atoms with E-state index in [0.717, 1.165) is 37.6 Å². The lowest BCUT2D eigenvalue weighted by atomic mass is 10.3. The van der Waals surface area contributed by atoms with E-state index in [4.69, 9.17) is 4.52 Å². The van der Waals surface area contributed by atoms with Gasteiger partial charge in [0.05, 0.1) is 12.2 Å². The molecule has 2 aromatic heterocycles. The summed E-state index contributed by atoms with van der Waals surface area (Å²) in [7, 11) is 1.91. The van der Waals surface area contributed by atoms with E-state index >= 15 is 0 Å². The Balaban J connectivity index is 1.92. The van der Waals surface area contributed by atoms with Crippen molar-refractivity contribution >= 4 is 11.3 Å². The Labute approximate surface area is 112 Å². The van der Waals surface area contributed by atoms with Gasteiger partial charge in [-0.15, -0.1) is 11.3 Å². The van der Waals surface area contributed by atoms with Crippen LogP contribution in [0.15, 0.2) is 28.1 Å². The van der Waals surface area contributed by atoms with Gasteiger partial charge >= 0.3 is 0 Å². The third kappa shape index (κ3) is 3.66. The summed E-state index contributed by atoms with van der Waals surface area (Å²) in [4.78, 5) is 3.72. The first-order chi connectivity index (χ1) is 8.81. The molecule has 0 unspecified atom stereocenters.